The standard InChI is InChI=1S/C12H9NS2/c1-7-3-4-9-5-10-12(6-11(9)14-7)15-8(2)13-10/h4-6H,1-2H3. The zero-order valence-corrected chi connectivity index (χ0v) is 10.1. The van der Waals surface area contributed by atoms with Gasteiger partial charge in [0.2, 0.25) is 0 Å². The lowest BCUT2D eigenvalue weighted by molar-refractivity contribution is 1.34. The molecule has 0 saturated carbocycles. The van der Waals surface area contributed by atoms with Gasteiger partial charge in [-0.25, -0.2) is 4.98 Å². The first kappa shape index (κ1) is 9.22. The Morgan fingerprint density at radius 2 is 2.13 bits per heavy atom. The van der Waals surface area contributed by atoms with Crippen molar-refractivity contribution in [2.24, 2.45) is 0 Å². The second kappa shape index (κ2) is 3.24. The summed E-state index contributed by atoms with van der Waals surface area (Å²) in [6, 6.07) is 4.39. The van der Waals surface area contributed by atoms with Gasteiger partial charge in [-0.2, -0.15) is 0 Å². The Hall–Kier alpha value is -1.02. The van der Waals surface area contributed by atoms with Gasteiger partial charge in [0.1, 0.15) is 0 Å². The predicted molar refractivity (Wildman–Crippen MR) is 67.4 cm³/mol. The van der Waals surface area contributed by atoms with Crippen molar-refractivity contribution in [3.8, 4) is 0 Å². The van der Waals surface area contributed by atoms with Crippen molar-refractivity contribution >= 4 is 39.4 Å². The van der Waals surface area contributed by atoms with Crippen LogP contribution in [0.2, 0.25) is 0 Å². The summed E-state index contributed by atoms with van der Waals surface area (Å²) in [5, 5.41) is 1.13. The van der Waals surface area contributed by atoms with Crippen LogP contribution >= 0.6 is 23.1 Å². The molecular formula is C12H9NS2. The Kier molecular flexibility index (Phi) is 1.99. The number of nitrogens with zero attached hydrogens (tertiary/aromatic N) is 1. The van der Waals surface area contributed by atoms with Crippen molar-refractivity contribution in [2.45, 2.75) is 18.7 Å². The number of hydrogen-bond acceptors (Lipinski definition) is 3. The summed E-state index contributed by atoms with van der Waals surface area (Å²) in [5.74, 6) is 0. The smallest absolute Gasteiger partial charge is 0.0907 e. The van der Waals surface area contributed by atoms with E-state index in [9.17, 15) is 0 Å². The summed E-state index contributed by atoms with van der Waals surface area (Å²) >= 11 is 3.55. The number of hydrogen-bond donors (Lipinski definition) is 0. The molecule has 1 aromatic heterocycles. The van der Waals surface area contributed by atoms with Crippen LogP contribution in [0.4, 0.5) is 0 Å². The van der Waals surface area contributed by atoms with E-state index in [1.165, 1.54) is 20.1 Å². The summed E-state index contributed by atoms with van der Waals surface area (Å²) in [5.41, 5.74) is 5.59. The van der Waals surface area contributed by atoms with Crippen LogP contribution in [0.25, 0.3) is 16.3 Å². The van der Waals surface area contributed by atoms with Crippen molar-refractivity contribution in [1.29, 1.82) is 0 Å². The highest BCUT2D eigenvalue weighted by atomic mass is 32.2. The highest BCUT2D eigenvalue weighted by molar-refractivity contribution is 8.03. The Labute approximate surface area is 96.5 Å². The fraction of sp³-hybridized carbons (Fsp3) is 0.167. The van der Waals surface area contributed by atoms with E-state index in [0.717, 1.165) is 10.5 Å². The molecule has 3 heteroatoms. The molecule has 1 aliphatic rings. The molecule has 0 bridgehead atoms. The average molecular weight is 231 g/mol. The molecule has 0 amide bonds. The van der Waals surface area contributed by atoms with Gasteiger partial charge in [-0.05, 0) is 37.6 Å². The minimum atomic E-state index is 1.11. The second-order valence-electron chi connectivity index (χ2n) is 3.54. The zero-order chi connectivity index (χ0) is 10.4. The van der Waals surface area contributed by atoms with Crippen LogP contribution in [0.3, 0.4) is 0 Å². The molecule has 0 N–H and O–H groups in total. The van der Waals surface area contributed by atoms with Gasteiger partial charge in [0, 0.05) is 9.80 Å². The fourth-order valence-corrected chi connectivity index (χ4v) is 3.44. The summed E-state index contributed by atoms with van der Waals surface area (Å²) in [7, 11) is 0. The summed E-state index contributed by atoms with van der Waals surface area (Å²) < 4.78 is 1.28. The Morgan fingerprint density at radius 3 is 3.00 bits per heavy atom. The van der Waals surface area contributed by atoms with E-state index in [-0.39, 0.29) is 0 Å². The number of aryl methyl sites for hydroxylation is 1. The molecule has 2 heterocycles. The first-order valence-electron chi connectivity index (χ1n) is 4.75. The van der Waals surface area contributed by atoms with E-state index in [4.69, 9.17) is 0 Å². The third-order valence-corrected chi connectivity index (χ3v) is 4.25. The molecule has 0 unspecified atom stereocenters. The molecular weight excluding hydrogens is 222 g/mol. The largest absolute Gasteiger partial charge is 0.241 e. The minimum Gasteiger partial charge on any atom is -0.241 e. The van der Waals surface area contributed by atoms with Gasteiger partial charge >= 0.3 is 0 Å². The van der Waals surface area contributed by atoms with Gasteiger partial charge in [-0.3, -0.25) is 0 Å². The van der Waals surface area contributed by atoms with E-state index >= 15 is 0 Å². The summed E-state index contributed by atoms with van der Waals surface area (Å²) in [6.45, 7) is 4.14. The van der Waals surface area contributed by atoms with Gasteiger partial charge < -0.3 is 0 Å². The van der Waals surface area contributed by atoms with E-state index in [0.29, 0.717) is 0 Å². The SMILES string of the molecule is CC1=C=Cc2cc3nc(C)sc3cc2S1. The van der Waals surface area contributed by atoms with Crippen LogP contribution in [0.1, 0.15) is 17.5 Å². The molecule has 0 atom stereocenters. The van der Waals surface area contributed by atoms with Crippen LogP contribution in [0, 0.1) is 6.92 Å². The lowest BCUT2D eigenvalue weighted by atomic mass is 10.2. The first-order valence-corrected chi connectivity index (χ1v) is 6.38. The molecule has 1 nitrogen and oxygen atoms in total. The Bertz CT molecular complexity index is 616. The van der Waals surface area contributed by atoms with Gasteiger partial charge in [-0.15, -0.1) is 17.1 Å². The average Bonchev–Trinajstić information content (AvgIpc) is 2.53. The number of benzene rings is 1. The molecule has 0 aliphatic carbocycles. The highest BCUT2D eigenvalue weighted by Gasteiger charge is 2.10. The Balaban J connectivity index is 2.31. The Morgan fingerprint density at radius 1 is 1.27 bits per heavy atom. The molecule has 0 fully saturated rings. The predicted octanol–water partition coefficient (Wildman–Crippen LogP) is 4.23. The molecule has 0 radical (unpaired) electrons. The second-order valence-corrected chi connectivity index (χ2v) is 6.03. The maximum atomic E-state index is 4.49. The molecule has 0 saturated heterocycles. The van der Waals surface area contributed by atoms with Crippen molar-refractivity contribution in [3.63, 3.8) is 0 Å². The van der Waals surface area contributed by atoms with Gasteiger partial charge in [0.25, 0.3) is 0 Å². The number of fused-ring (bicyclic) bond motifs is 2. The molecule has 1 aromatic carbocycles. The highest BCUT2D eigenvalue weighted by Crippen LogP contribution is 2.37. The molecule has 3 rings (SSSR count). The summed E-state index contributed by atoms with van der Waals surface area (Å²) in [6.07, 6.45) is 2.05. The van der Waals surface area contributed by atoms with Crippen LogP contribution < -0.4 is 0 Å². The lowest BCUT2D eigenvalue weighted by Gasteiger charge is -2.08. The van der Waals surface area contributed by atoms with Gasteiger partial charge in [-0.1, -0.05) is 11.8 Å². The normalized spacial score (nSPS) is 14.1. The number of aromatic nitrogens is 1. The van der Waals surface area contributed by atoms with Crippen molar-refractivity contribution in [2.75, 3.05) is 0 Å². The third kappa shape index (κ3) is 1.53. The molecule has 2 aromatic rings. The number of rotatable bonds is 0. The fourth-order valence-electron chi connectivity index (χ4n) is 1.66. The van der Waals surface area contributed by atoms with E-state index in [2.05, 4.69) is 42.8 Å². The summed E-state index contributed by atoms with van der Waals surface area (Å²) in [4.78, 5) is 7.04. The molecule has 1 aliphatic heterocycles. The van der Waals surface area contributed by atoms with E-state index in [1.807, 2.05) is 0 Å². The van der Waals surface area contributed by atoms with Crippen LogP contribution in [-0.2, 0) is 0 Å². The minimum absolute atomic E-state index is 1.11. The molecule has 15 heavy (non-hydrogen) atoms. The first-order chi connectivity index (χ1) is 7.22. The van der Waals surface area contributed by atoms with Crippen LogP contribution in [-0.4, -0.2) is 4.98 Å². The lowest BCUT2D eigenvalue weighted by Crippen LogP contribution is -1.83. The zero-order valence-electron chi connectivity index (χ0n) is 8.50. The molecule has 0 spiro atoms. The van der Waals surface area contributed by atoms with Crippen molar-refractivity contribution in [3.05, 3.63) is 33.3 Å². The van der Waals surface area contributed by atoms with Gasteiger partial charge in [0.05, 0.1) is 15.2 Å². The topological polar surface area (TPSA) is 12.9 Å². The number of thioether (sulfide) groups is 1. The van der Waals surface area contributed by atoms with Crippen molar-refractivity contribution in [1.82, 2.24) is 4.98 Å². The van der Waals surface area contributed by atoms with Gasteiger partial charge in [0.15, 0.2) is 0 Å². The van der Waals surface area contributed by atoms with Crippen molar-refractivity contribution < 1.29 is 0 Å². The number of thiazole rings is 1. The monoisotopic (exact) mass is 231 g/mol. The van der Waals surface area contributed by atoms with E-state index < -0.39 is 0 Å². The quantitative estimate of drug-likeness (QED) is 0.629. The number of allylic oxidation sites excluding steroid dienone is 1. The van der Waals surface area contributed by atoms with E-state index in [1.54, 1.807) is 23.1 Å². The maximum absolute atomic E-state index is 4.49. The van der Waals surface area contributed by atoms with Crippen LogP contribution in [0.15, 0.2) is 27.7 Å². The maximum Gasteiger partial charge on any atom is 0.0907 e. The molecule has 74 valence electrons. The van der Waals surface area contributed by atoms with Crippen LogP contribution in [0.5, 0.6) is 0 Å². The third-order valence-electron chi connectivity index (χ3n) is 2.32.